The van der Waals surface area contributed by atoms with Gasteiger partial charge in [0.05, 0.1) is 13.7 Å². The largest absolute Gasteiger partial charge is 0.493 e. The third-order valence-corrected chi connectivity index (χ3v) is 3.94. The smallest absolute Gasteiger partial charge is 0.163 e. The summed E-state index contributed by atoms with van der Waals surface area (Å²) in [5.74, 6) is 2.99. The highest BCUT2D eigenvalue weighted by atomic mass is 16.5. The van der Waals surface area contributed by atoms with Crippen LogP contribution in [0.5, 0.6) is 11.5 Å². The molecule has 2 rings (SSSR count). The standard InChI is InChI=1S/C18H27NO2/c1-5-21-18-11-16(6-7-17(18)20-4)19-12-15-9-13(2)8-14(3)10-15/h6-8,11,13,15,19H,5,9-10,12H2,1-4H3. The number of hydrogen-bond acceptors (Lipinski definition) is 3. The molecular weight excluding hydrogens is 262 g/mol. The molecule has 21 heavy (non-hydrogen) atoms. The average molecular weight is 289 g/mol. The molecule has 0 amide bonds. The predicted octanol–water partition coefficient (Wildman–Crippen LogP) is 4.50. The summed E-state index contributed by atoms with van der Waals surface area (Å²) in [5.41, 5.74) is 2.62. The Morgan fingerprint density at radius 3 is 2.76 bits per heavy atom. The molecule has 1 aliphatic rings. The first-order valence-electron chi connectivity index (χ1n) is 7.84. The van der Waals surface area contributed by atoms with Crippen molar-refractivity contribution in [2.24, 2.45) is 11.8 Å². The van der Waals surface area contributed by atoms with Crippen molar-refractivity contribution in [1.82, 2.24) is 0 Å². The zero-order chi connectivity index (χ0) is 15.2. The lowest BCUT2D eigenvalue weighted by atomic mass is 9.84. The summed E-state index contributed by atoms with van der Waals surface area (Å²) in [4.78, 5) is 0. The van der Waals surface area contributed by atoms with Crippen LogP contribution >= 0.6 is 0 Å². The molecule has 0 aliphatic heterocycles. The second kappa shape index (κ2) is 7.39. The number of ether oxygens (including phenoxy) is 2. The van der Waals surface area contributed by atoms with Crippen LogP contribution in [0.3, 0.4) is 0 Å². The first kappa shape index (κ1) is 15.7. The van der Waals surface area contributed by atoms with Crippen LogP contribution in [-0.2, 0) is 0 Å². The number of anilines is 1. The highest BCUT2D eigenvalue weighted by Crippen LogP contribution is 2.31. The molecule has 1 aliphatic carbocycles. The molecule has 2 unspecified atom stereocenters. The fraction of sp³-hybridized carbons (Fsp3) is 0.556. The first-order chi connectivity index (χ1) is 10.1. The van der Waals surface area contributed by atoms with Crippen molar-refractivity contribution in [3.63, 3.8) is 0 Å². The summed E-state index contributed by atoms with van der Waals surface area (Å²) in [5, 5.41) is 3.54. The van der Waals surface area contributed by atoms with Crippen molar-refractivity contribution in [3.05, 3.63) is 29.8 Å². The number of methoxy groups -OCH3 is 1. The second-order valence-electron chi connectivity index (χ2n) is 5.98. The highest BCUT2D eigenvalue weighted by Gasteiger charge is 2.17. The van der Waals surface area contributed by atoms with Crippen LogP contribution in [0.15, 0.2) is 29.8 Å². The van der Waals surface area contributed by atoms with Gasteiger partial charge in [0, 0.05) is 18.3 Å². The molecule has 3 heteroatoms. The second-order valence-corrected chi connectivity index (χ2v) is 5.98. The SMILES string of the molecule is CCOc1cc(NCC2CC(C)=CC(C)C2)ccc1OC. The summed E-state index contributed by atoms with van der Waals surface area (Å²) < 4.78 is 10.9. The summed E-state index contributed by atoms with van der Waals surface area (Å²) in [6.07, 6.45) is 4.86. The molecule has 0 bridgehead atoms. The Morgan fingerprint density at radius 2 is 2.10 bits per heavy atom. The molecule has 2 atom stereocenters. The maximum atomic E-state index is 5.62. The third kappa shape index (κ3) is 4.42. The quantitative estimate of drug-likeness (QED) is 0.782. The zero-order valence-corrected chi connectivity index (χ0v) is 13.6. The van der Waals surface area contributed by atoms with Crippen molar-refractivity contribution in [1.29, 1.82) is 0 Å². The Hall–Kier alpha value is -1.64. The van der Waals surface area contributed by atoms with Crippen LogP contribution in [-0.4, -0.2) is 20.3 Å². The van der Waals surface area contributed by atoms with E-state index in [1.807, 2.05) is 19.1 Å². The lowest BCUT2D eigenvalue weighted by molar-refractivity contribution is 0.311. The van der Waals surface area contributed by atoms with Crippen molar-refractivity contribution in [2.75, 3.05) is 25.6 Å². The Bertz CT molecular complexity index is 496. The number of rotatable bonds is 6. The van der Waals surface area contributed by atoms with E-state index in [1.54, 1.807) is 7.11 Å². The van der Waals surface area contributed by atoms with Gasteiger partial charge in [-0.05, 0) is 50.7 Å². The zero-order valence-electron chi connectivity index (χ0n) is 13.6. The third-order valence-electron chi connectivity index (χ3n) is 3.94. The van der Waals surface area contributed by atoms with Gasteiger partial charge in [0.1, 0.15) is 0 Å². The normalized spacial score (nSPS) is 21.6. The van der Waals surface area contributed by atoms with E-state index in [4.69, 9.17) is 9.47 Å². The number of nitrogens with one attached hydrogen (secondary N) is 1. The number of benzene rings is 1. The highest BCUT2D eigenvalue weighted by molar-refractivity contribution is 5.54. The Morgan fingerprint density at radius 1 is 1.29 bits per heavy atom. The van der Waals surface area contributed by atoms with Gasteiger partial charge in [-0.2, -0.15) is 0 Å². The number of allylic oxidation sites excluding steroid dienone is 2. The Kier molecular flexibility index (Phi) is 5.54. The minimum Gasteiger partial charge on any atom is -0.493 e. The first-order valence-corrected chi connectivity index (χ1v) is 7.84. The van der Waals surface area contributed by atoms with Crippen molar-refractivity contribution < 1.29 is 9.47 Å². The van der Waals surface area contributed by atoms with Crippen LogP contribution in [0.4, 0.5) is 5.69 Å². The van der Waals surface area contributed by atoms with Gasteiger partial charge in [-0.25, -0.2) is 0 Å². The molecule has 0 saturated heterocycles. The van der Waals surface area contributed by atoms with E-state index in [2.05, 4.69) is 31.3 Å². The maximum Gasteiger partial charge on any atom is 0.163 e. The lowest BCUT2D eigenvalue weighted by Crippen LogP contribution is -2.20. The van der Waals surface area contributed by atoms with Gasteiger partial charge in [-0.15, -0.1) is 0 Å². The lowest BCUT2D eigenvalue weighted by Gasteiger charge is -2.26. The van der Waals surface area contributed by atoms with Gasteiger partial charge < -0.3 is 14.8 Å². The molecule has 0 aromatic heterocycles. The predicted molar refractivity (Wildman–Crippen MR) is 88.3 cm³/mol. The Labute approximate surface area is 128 Å². The molecule has 1 aromatic rings. The summed E-state index contributed by atoms with van der Waals surface area (Å²) in [6.45, 7) is 8.18. The summed E-state index contributed by atoms with van der Waals surface area (Å²) in [7, 11) is 1.67. The van der Waals surface area contributed by atoms with Crippen molar-refractivity contribution >= 4 is 5.69 Å². The molecule has 116 valence electrons. The van der Waals surface area contributed by atoms with E-state index in [0.717, 1.165) is 23.7 Å². The minimum atomic E-state index is 0.643. The monoisotopic (exact) mass is 289 g/mol. The molecule has 0 heterocycles. The van der Waals surface area contributed by atoms with Crippen LogP contribution in [0, 0.1) is 11.8 Å². The summed E-state index contributed by atoms with van der Waals surface area (Å²) in [6, 6.07) is 6.04. The van der Waals surface area contributed by atoms with Crippen LogP contribution in [0.2, 0.25) is 0 Å². The van der Waals surface area contributed by atoms with Gasteiger partial charge in [0.2, 0.25) is 0 Å². The van der Waals surface area contributed by atoms with Gasteiger partial charge >= 0.3 is 0 Å². The van der Waals surface area contributed by atoms with Gasteiger partial charge in [-0.3, -0.25) is 0 Å². The van der Waals surface area contributed by atoms with Crippen LogP contribution in [0.1, 0.15) is 33.6 Å². The average Bonchev–Trinajstić information content (AvgIpc) is 2.45. The van der Waals surface area contributed by atoms with E-state index >= 15 is 0 Å². The molecule has 0 saturated carbocycles. The van der Waals surface area contributed by atoms with E-state index in [1.165, 1.54) is 18.4 Å². The molecule has 1 aromatic carbocycles. The van der Waals surface area contributed by atoms with Gasteiger partial charge in [0.15, 0.2) is 11.5 Å². The van der Waals surface area contributed by atoms with Crippen LogP contribution in [0.25, 0.3) is 0 Å². The van der Waals surface area contributed by atoms with Crippen molar-refractivity contribution in [3.8, 4) is 11.5 Å². The molecule has 0 radical (unpaired) electrons. The van der Waals surface area contributed by atoms with Gasteiger partial charge in [0.25, 0.3) is 0 Å². The van der Waals surface area contributed by atoms with E-state index < -0.39 is 0 Å². The van der Waals surface area contributed by atoms with E-state index in [-0.39, 0.29) is 0 Å². The van der Waals surface area contributed by atoms with E-state index in [9.17, 15) is 0 Å². The molecular formula is C18H27NO2. The fourth-order valence-corrected chi connectivity index (χ4v) is 3.16. The Balaban J connectivity index is 1.97. The number of hydrogen-bond donors (Lipinski definition) is 1. The topological polar surface area (TPSA) is 30.5 Å². The molecule has 0 fully saturated rings. The minimum absolute atomic E-state index is 0.643. The van der Waals surface area contributed by atoms with Gasteiger partial charge in [-0.1, -0.05) is 18.6 Å². The van der Waals surface area contributed by atoms with Crippen molar-refractivity contribution in [2.45, 2.75) is 33.6 Å². The maximum absolute atomic E-state index is 5.62. The molecule has 1 N–H and O–H groups in total. The molecule has 0 spiro atoms. The molecule has 3 nitrogen and oxygen atoms in total. The fourth-order valence-electron chi connectivity index (χ4n) is 3.16. The van der Waals surface area contributed by atoms with E-state index in [0.29, 0.717) is 18.4 Å². The summed E-state index contributed by atoms with van der Waals surface area (Å²) >= 11 is 0. The van der Waals surface area contributed by atoms with Crippen LogP contribution < -0.4 is 14.8 Å².